The van der Waals surface area contributed by atoms with E-state index in [1.165, 1.54) is 11.5 Å². The molecule has 0 radical (unpaired) electrons. The number of aromatic nitrogens is 1. The van der Waals surface area contributed by atoms with Gasteiger partial charge in [-0.3, -0.25) is 13.5 Å². The number of carboxylic acids is 1. The van der Waals surface area contributed by atoms with E-state index in [-0.39, 0.29) is 12.0 Å². The Morgan fingerprint density at radius 2 is 2.06 bits per heavy atom. The molecule has 0 spiro atoms. The van der Waals surface area contributed by atoms with Gasteiger partial charge in [0, 0.05) is 6.42 Å². The normalized spacial score (nSPS) is 11.9. The quantitative estimate of drug-likeness (QED) is 0.924. The van der Waals surface area contributed by atoms with Gasteiger partial charge in [0.05, 0.1) is 15.6 Å². The second-order valence-corrected chi connectivity index (χ2v) is 5.88. The van der Waals surface area contributed by atoms with Crippen LogP contribution in [0.5, 0.6) is 0 Å². The van der Waals surface area contributed by atoms with Crippen LogP contribution in [-0.2, 0) is 10.3 Å². The molecule has 0 atom stereocenters. The molecule has 0 fully saturated rings. The van der Waals surface area contributed by atoms with Gasteiger partial charge in [-0.05, 0) is 32.4 Å². The van der Waals surface area contributed by atoms with Crippen LogP contribution in [0.15, 0.2) is 29.1 Å². The molecule has 1 aromatic carbocycles. The highest BCUT2D eigenvalue weighted by Crippen LogP contribution is 2.26. The molecule has 1 aromatic heterocycles. The van der Waals surface area contributed by atoms with Crippen molar-refractivity contribution in [2.45, 2.75) is 32.2 Å². The molecule has 0 saturated carbocycles. The average Bonchev–Trinajstić information content (AvgIpc) is 2.66. The third-order valence-electron chi connectivity index (χ3n) is 2.99. The first-order chi connectivity index (χ1) is 8.42. The summed E-state index contributed by atoms with van der Waals surface area (Å²) >= 11 is 1.39. The summed E-state index contributed by atoms with van der Waals surface area (Å²) in [5.74, 6) is -0.836. The van der Waals surface area contributed by atoms with Crippen LogP contribution in [0, 0.1) is 0 Å². The summed E-state index contributed by atoms with van der Waals surface area (Å²) in [7, 11) is 0. The molecule has 2 aromatic rings. The number of rotatable bonds is 4. The summed E-state index contributed by atoms with van der Waals surface area (Å²) < 4.78 is 2.62. The molecule has 18 heavy (non-hydrogen) atoms. The van der Waals surface area contributed by atoms with Crippen LogP contribution < -0.4 is 5.56 Å². The van der Waals surface area contributed by atoms with Gasteiger partial charge in [0.15, 0.2) is 0 Å². The Labute approximate surface area is 109 Å². The van der Waals surface area contributed by atoms with Crippen LogP contribution in [0.2, 0.25) is 0 Å². The third-order valence-corrected chi connectivity index (χ3v) is 4.39. The van der Waals surface area contributed by atoms with E-state index in [1.54, 1.807) is 10.0 Å². The van der Waals surface area contributed by atoms with Gasteiger partial charge in [-0.15, -0.1) is 0 Å². The predicted molar refractivity (Wildman–Crippen MR) is 72.3 cm³/mol. The van der Waals surface area contributed by atoms with Crippen molar-refractivity contribution in [2.75, 3.05) is 0 Å². The summed E-state index contributed by atoms with van der Waals surface area (Å²) in [5.41, 5.74) is -0.509. The Morgan fingerprint density at radius 3 is 2.67 bits per heavy atom. The van der Waals surface area contributed by atoms with Crippen molar-refractivity contribution < 1.29 is 9.90 Å². The summed E-state index contributed by atoms with van der Waals surface area (Å²) in [5, 5.41) is 9.45. The summed E-state index contributed by atoms with van der Waals surface area (Å²) in [4.78, 5) is 22.9. The van der Waals surface area contributed by atoms with Gasteiger partial charge in [-0.25, -0.2) is 0 Å². The first-order valence-corrected chi connectivity index (χ1v) is 6.52. The molecule has 2 rings (SSSR count). The molecule has 0 saturated heterocycles. The minimum atomic E-state index is -0.836. The lowest BCUT2D eigenvalue weighted by atomic mass is 9.99. The van der Waals surface area contributed by atoms with Crippen LogP contribution in [0.3, 0.4) is 0 Å². The van der Waals surface area contributed by atoms with E-state index >= 15 is 0 Å². The van der Waals surface area contributed by atoms with E-state index in [0.29, 0.717) is 11.8 Å². The zero-order valence-electron chi connectivity index (χ0n) is 10.3. The van der Waals surface area contributed by atoms with E-state index in [4.69, 9.17) is 5.11 Å². The topological polar surface area (TPSA) is 59.3 Å². The highest BCUT2D eigenvalue weighted by molar-refractivity contribution is 7.13. The summed E-state index contributed by atoms with van der Waals surface area (Å²) in [6.07, 6.45) is 0.503. The number of carboxylic acid groups (broad SMARTS) is 1. The second-order valence-electron chi connectivity index (χ2n) is 4.89. The number of benzene rings is 1. The van der Waals surface area contributed by atoms with Crippen LogP contribution in [0.1, 0.15) is 26.7 Å². The molecule has 0 unspecified atom stereocenters. The molecular formula is C13H15NO3S. The Morgan fingerprint density at radius 1 is 1.39 bits per heavy atom. The smallest absolute Gasteiger partial charge is 0.303 e. The van der Waals surface area contributed by atoms with Gasteiger partial charge in [-0.1, -0.05) is 23.7 Å². The maximum absolute atomic E-state index is 12.2. The molecule has 0 amide bonds. The lowest BCUT2D eigenvalue weighted by Crippen LogP contribution is -2.33. The van der Waals surface area contributed by atoms with E-state index in [2.05, 4.69) is 0 Å². The summed E-state index contributed by atoms with van der Waals surface area (Å²) in [6, 6.07) is 7.45. The fourth-order valence-electron chi connectivity index (χ4n) is 1.88. The van der Waals surface area contributed by atoms with Crippen LogP contribution >= 0.6 is 11.5 Å². The molecule has 0 aliphatic heterocycles. The van der Waals surface area contributed by atoms with Crippen molar-refractivity contribution in [1.29, 1.82) is 0 Å². The Balaban J connectivity index is 2.44. The van der Waals surface area contributed by atoms with Crippen molar-refractivity contribution in [3.8, 4) is 0 Å². The van der Waals surface area contributed by atoms with Crippen LogP contribution in [-0.4, -0.2) is 15.0 Å². The number of carbonyl (C=O) groups is 1. The first kappa shape index (κ1) is 12.8. The molecule has 1 heterocycles. The minimum Gasteiger partial charge on any atom is -0.481 e. The highest BCUT2D eigenvalue weighted by Gasteiger charge is 2.25. The van der Waals surface area contributed by atoms with E-state index in [1.807, 2.05) is 32.0 Å². The SMILES string of the molecule is CC(C)(CCC(=O)O)n1sc2ccccc2c1=O. The van der Waals surface area contributed by atoms with E-state index in [9.17, 15) is 9.59 Å². The zero-order valence-corrected chi connectivity index (χ0v) is 11.2. The Kier molecular flexibility index (Phi) is 3.26. The van der Waals surface area contributed by atoms with Gasteiger partial charge < -0.3 is 5.11 Å². The molecule has 0 aliphatic rings. The maximum atomic E-state index is 12.2. The predicted octanol–water partition coefficient (Wildman–Crippen LogP) is 2.66. The van der Waals surface area contributed by atoms with Gasteiger partial charge >= 0.3 is 5.97 Å². The Bertz CT molecular complexity index is 639. The van der Waals surface area contributed by atoms with Gasteiger partial charge in [0.2, 0.25) is 0 Å². The highest BCUT2D eigenvalue weighted by atomic mass is 32.1. The monoisotopic (exact) mass is 265 g/mol. The van der Waals surface area contributed by atoms with Crippen molar-refractivity contribution in [3.05, 3.63) is 34.6 Å². The standard InChI is InChI=1S/C13H15NO3S/c1-13(2,8-7-11(15)16)14-12(17)9-5-3-4-6-10(9)18-14/h3-6H,7-8H2,1-2H3,(H,15,16). The minimum absolute atomic E-state index is 0.0361. The van der Waals surface area contributed by atoms with Gasteiger partial charge in [0.25, 0.3) is 5.56 Å². The largest absolute Gasteiger partial charge is 0.481 e. The molecule has 1 N–H and O–H groups in total. The molecule has 5 heteroatoms. The third kappa shape index (κ3) is 2.31. The fourth-order valence-corrected chi connectivity index (χ4v) is 2.99. The summed E-state index contributed by atoms with van der Waals surface area (Å²) in [6.45, 7) is 3.79. The van der Waals surface area contributed by atoms with E-state index < -0.39 is 11.5 Å². The van der Waals surface area contributed by atoms with Crippen LogP contribution in [0.4, 0.5) is 0 Å². The lowest BCUT2D eigenvalue weighted by molar-refractivity contribution is -0.137. The average molecular weight is 265 g/mol. The number of fused-ring (bicyclic) bond motifs is 1. The van der Waals surface area contributed by atoms with Crippen molar-refractivity contribution in [1.82, 2.24) is 3.96 Å². The second kappa shape index (κ2) is 4.57. The zero-order chi connectivity index (χ0) is 13.3. The number of hydrogen-bond acceptors (Lipinski definition) is 3. The number of aliphatic carboxylic acids is 1. The van der Waals surface area contributed by atoms with Crippen LogP contribution in [0.25, 0.3) is 10.1 Å². The van der Waals surface area contributed by atoms with Gasteiger partial charge in [0.1, 0.15) is 0 Å². The molecule has 0 aliphatic carbocycles. The number of hydrogen-bond donors (Lipinski definition) is 1. The molecule has 4 nitrogen and oxygen atoms in total. The maximum Gasteiger partial charge on any atom is 0.303 e. The first-order valence-electron chi connectivity index (χ1n) is 5.75. The molecule has 96 valence electrons. The molecule has 0 bridgehead atoms. The van der Waals surface area contributed by atoms with Gasteiger partial charge in [-0.2, -0.15) is 0 Å². The van der Waals surface area contributed by atoms with Crippen molar-refractivity contribution in [3.63, 3.8) is 0 Å². The lowest BCUT2D eigenvalue weighted by Gasteiger charge is -2.24. The Hall–Kier alpha value is -1.62. The van der Waals surface area contributed by atoms with E-state index in [0.717, 1.165) is 4.70 Å². The van der Waals surface area contributed by atoms with Crippen molar-refractivity contribution in [2.24, 2.45) is 0 Å². The molecular weight excluding hydrogens is 250 g/mol. The number of nitrogens with zero attached hydrogens (tertiary/aromatic N) is 1. The van der Waals surface area contributed by atoms with Crippen molar-refractivity contribution >= 4 is 27.6 Å². The fraction of sp³-hybridized carbons (Fsp3) is 0.385.